The van der Waals surface area contributed by atoms with Crippen molar-refractivity contribution in [3.8, 4) is 0 Å². The van der Waals surface area contributed by atoms with E-state index in [4.69, 9.17) is 5.73 Å². The normalized spacial score (nSPS) is 12.2. The number of aromatic amines is 1. The Morgan fingerprint density at radius 3 is 2.82 bits per heavy atom. The molecule has 0 saturated carbocycles. The third-order valence-corrected chi connectivity index (χ3v) is 3.20. The molecule has 3 nitrogen and oxygen atoms in total. The zero-order valence-corrected chi connectivity index (χ0v) is 10.6. The van der Waals surface area contributed by atoms with Gasteiger partial charge in [0, 0.05) is 29.2 Å². The minimum absolute atomic E-state index is 0.0904. The van der Waals surface area contributed by atoms with Gasteiger partial charge in [-0.2, -0.15) is 0 Å². The first kappa shape index (κ1) is 12.1. The molecule has 0 bridgehead atoms. The fourth-order valence-corrected chi connectivity index (χ4v) is 2.06. The van der Waals surface area contributed by atoms with Gasteiger partial charge in [0.1, 0.15) is 0 Å². The highest BCUT2D eigenvalue weighted by molar-refractivity contribution is 5.82. The molecular formula is C14H21N3. The van der Waals surface area contributed by atoms with Gasteiger partial charge in [0.05, 0.1) is 0 Å². The molecule has 17 heavy (non-hydrogen) atoms. The van der Waals surface area contributed by atoms with Gasteiger partial charge in [-0.05, 0) is 38.4 Å². The topological polar surface area (TPSA) is 53.8 Å². The first-order valence-electron chi connectivity index (χ1n) is 6.12. The number of hydrogen-bond acceptors (Lipinski definition) is 2. The van der Waals surface area contributed by atoms with Crippen LogP contribution in [0.5, 0.6) is 0 Å². The predicted octanol–water partition coefficient (Wildman–Crippen LogP) is 2.38. The van der Waals surface area contributed by atoms with Crippen molar-refractivity contribution < 1.29 is 0 Å². The molecule has 0 radical (unpaired) electrons. The summed E-state index contributed by atoms with van der Waals surface area (Å²) in [6, 6.07) is 8.38. The summed E-state index contributed by atoms with van der Waals surface area (Å²) in [6.07, 6.45) is 3.06. The Hall–Kier alpha value is -1.32. The summed E-state index contributed by atoms with van der Waals surface area (Å²) in [7, 11) is 0. The quantitative estimate of drug-likeness (QED) is 0.740. The number of H-pyrrole nitrogens is 1. The van der Waals surface area contributed by atoms with Crippen molar-refractivity contribution in [3.63, 3.8) is 0 Å². The maximum Gasteiger partial charge on any atom is 0.0457 e. The zero-order valence-electron chi connectivity index (χ0n) is 10.6. The molecule has 0 atom stereocenters. The molecule has 1 heterocycles. The molecule has 0 amide bonds. The van der Waals surface area contributed by atoms with Crippen LogP contribution in [0.25, 0.3) is 10.9 Å². The molecule has 4 N–H and O–H groups in total. The summed E-state index contributed by atoms with van der Waals surface area (Å²) in [6.45, 7) is 5.97. The van der Waals surface area contributed by atoms with Crippen LogP contribution in [0.2, 0.25) is 0 Å². The van der Waals surface area contributed by atoms with Crippen LogP contribution < -0.4 is 11.1 Å². The lowest BCUT2D eigenvalue weighted by atomic mass is 10.0. The highest BCUT2D eigenvalue weighted by Gasteiger charge is 2.16. The molecule has 1 aromatic heterocycles. The van der Waals surface area contributed by atoms with Crippen molar-refractivity contribution >= 4 is 10.9 Å². The van der Waals surface area contributed by atoms with Crippen molar-refractivity contribution in [2.45, 2.75) is 32.4 Å². The van der Waals surface area contributed by atoms with Crippen LogP contribution >= 0.6 is 0 Å². The predicted molar refractivity (Wildman–Crippen MR) is 72.9 cm³/mol. The van der Waals surface area contributed by atoms with E-state index in [1.807, 2.05) is 0 Å². The molecule has 3 heteroatoms. The van der Waals surface area contributed by atoms with Gasteiger partial charge in [-0.25, -0.2) is 0 Å². The minimum Gasteiger partial charge on any atom is -0.361 e. The van der Waals surface area contributed by atoms with Crippen molar-refractivity contribution in [1.82, 2.24) is 10.3 Å². The molecule has 2 aromatic rings. The van der Waals surface area contributed by atoms with Crippen molar-refractivity contribution in [3.05, 3.63) is 36.0 Å². The molecule has 0 spiro atoms. The smallest absolute Gasteiger partial charge is 0.0457 e. The summed E-state index contributed by atoms with van der Waals surface area (Å²) in [4.78, 5) is 3.29. The average Bonchev–Trinajstić information content (AvgIpc) is 2.70. The summed E-state index contributed by atoms with van der Waals surface area (Å²) in [5, 5.41) is 4.85. The molecule has 92 valence electrons. The maximum absolute atomic E-state index is 5.61. The van der Waals surface area contributed by atoms with Gasteiger partial charge in [0.15, 0.2) is 0 Å². The first-order valence-corrected chi connectivity index (χ1v) is 6.12. The highest BCUT2D eigenvalue weighted by atomic mass is 15.0. The number of aromatic nitrogens is 1. The van der Waals surface area contributed by atoms with Crippen molar-refractivity contribution in [1.29, 1.82) is 0 Å². The summed E-state index contributed by atoms with van der Waals surface area (Å²) < 4.78 is 0. The average molecular weight is 231 g/mol. The summed E-state index contributed by atoms with van der Waals surface area (Å²) in [5.74, 6) is 0. The zero-order chi connectivity index (χ0) is 12.3. The number of nitrogens with one attached hydrogen (secondary N) is 2. The van der Waals surface area contributed by atoms with Gasteiger partial charge in [-0.3, -0.25) is 0 Å². The van der Waals surface area contributed by atoms with Gasteiger partial charge in [0.25, 0.3) is 0 Å². The highest BCUT2D eigenvalue weighted by Crippen LogP contribution is 2.18. The lowest BCUT2D eigenvalue weighted by Crippen LogP contribution is -2.40. The van der Waals surface area contributed by atoms with E-state index >= 15 is 0 Å². The van der Waals surface area contributed by atoms with E-state index in [9.17, 15) is 0 Å². The lowest BCUT2D eigenvalue weighted by molar-refractivity contribution is 0.366. The van der Waals surface area contributed by atoms with E-state index in [0.717, 1.165) is 13.0 Å². The Morgan fingerprint density at radius 2 is 2.06 bits per heavy atom. The number of nitrogens with two attached hydrogens (primary N) is 1. The van der Waals surface area contributed by atoms with Gasteiger partial charge in [-0.1, -0.05) is 18.2 Å². The first-order chi connectivity index (χ1) is 8.12. The van der Waals surface area contributed by atoms with E-state index in [0.29, 0.717) is 6.54 Å². The molecule has 0 saturated heterocycles. The fraction of sp³-hybridized carbons (Fsp3) is 0.429. The Bertz CT molecular complexity index is 485. The summed E-state index contributed by atoms with van der Waals surface area (Å²) in [5.41, 5.74) is 8.20. The van der Waals surface area contributed by atoms with E-state index < -0.39 is 0 Å². The molecule has 2 rings (SSSR count). The van der Waals surface area contributed by atoms with Crippen LogP contribution in [0, 0.1) is 0 Å². The molecular weight excluding hydrogens is 210 g/mol. The second-order valence-corrected chi connectivity index (χ2v) is 5.14. The SMILES string of the molecule is CC(C)(CCN)NCc1c[nH]c2ccccc12. The van der Waals surface area contributed by atoms with Gasteiger partial charge in [-0.15, -0.1) is 0 Å². The number of fused-ring (bicyclic) bond motifs is 1. The van der Waals surface area contributed by atoms with Crippen LogP contribution in [0.4, 0.5) is 0 Å². The van der Waals surface area contributed by atoms with Crippen LogP contribution in [-0.2, 0) is 6.54 Å². The Balaban J connectivity index is 2.09. The number of hydrogen-bond donors (Lipinski definition) is 3. The number of rotatable bonds is 5. The van der Waals surface area contributed by atoms with Crippen LogP contribution in [-0.4, -0.2) is 17.1 Å². The molecule has 0 unspecified atom stereocenters. The second-order valence-electron chi connectivity index (χ2n) is 5.14. The van der Waals surface area contributed by atoms with Crippen LogP contribution in [0.3, 0.4) is 0 Å². The van der Waals surface area contributed by atoms with Crippen LogP contribution in [0.1, 0.15) is 25.8 Å². The van der Waals surface area contributed by atoms with E-state index in [-0.39, 0.29) is 5.54 Å². The van der Waals surface area contributed by atoms with E-state index in [1.165, 1.54) is 16.5 Å². The van der Waals surface area contributed by atoms with Gasteiger partial charge >= 0.3 is 0 Å². The Labute approximate surface area is 102 Å². The standard InChI is InChI=1S/C14H21N3/c1-14(2,7-8-15)17-10-11-9-16-13-6-4-3-5-12(11)13/h3-6,9,16-17H,7-8,10,15H2,1-2H3. The van der Waals surface area contributed by atoms with Crippen LogP contribution in [0.15, 0.2) is 30.5 Å². The van der Waals surface area contributed by atoms with Crippen molar-refractivity contribution in [2.75, 3.05) is 6.54 Å². The molecule has 0 aliphatic heterocycles. The Kier molecular flexibility index (Phi) is 3.50. The Morgan fingerprint density at radius 1 is 1.29 bits per heavy atom. The maximum atomic E-state index is 5.61. The number of para-hydroxylation sites is 1. The third-order valence-electron chi connectivity index (χ3n) is 3.20. The fourth-order valence-electron chi connectivity index (χ4n) is 2.06. The molecule has 1 aromatic carbocycles. The van der Waals surface area contributed by atoms with E-state index in [2.05, 4.69) is 54.6 Å². The third kappa shape index (κ3) is 2.87. The molecule has 0 fully saturated rings. The molecule has 0 aliphatic carbocycles. The summed E-state index contributed by atoms with van der Waals surface area (Å²) >= 11 is 0. The monoisotopic (exact) mass is 231 g/mol. The molecule has 0 aliphatic rings. The minimum atomic E-state index is 0.0904. The van der Waals surface area contributed by atoms with E-state index in [1.54, 1.807) is 0 Å². The lowest BCUT2D eigenvalue weighted by Gasteiger charge is -2.25. The van der Waals surface area contributed by atoms with Crippen molar-refractivity contribution in [2.24, 2.45) is 5.73 Å². The number of benzene rings is 1. The van der Waals surface area contributed by atoms with Gasteiger partial charge in [0.2, 0.25) is 0 Å². The largest absolute Gasteiger partial charge is 0.361 e. The second kappa shape index (κ2) is 4.90. The van der Waals surface area contributed by atoms with Gasteiger partial charge < -0.3 is 16.0 Å².